The van der Waals surface area contributed by atoms with Crippen molar-refractivity contribution in [1.29, 1.82) is 0 Å². The lowest BCUT2D eigenvalue weighted by molar-refractivity contribution is 0.128. The molecule has 1 saturated carbocycles. The largest absolute Gasteiger partial charge is 0.336 e. The summed E-state index contributed by atoms with van der Waals surface area (Å²) in [5, 5.41) is 14.4. The highest BCUT2D eigenvalue weighted by molar-refractivity contribution is 5.73. The van der Waals surface area contributed by atoms with E-state index in [1.807, 2.05) is 0 Å². The number of aryl methyl sites for hydroxylation is 1. The zero-order chi connectivity index (χ0) is 17.0. The van der Waals surface area contributed by atoms with Gasteiger partial charge in [0.25, 0.3) is 0 Å². The molecule has 24 heavy (non-hydrogen) atoms. The van der Waals surface area contributed by atoms with Gasteiger partial charge in [0, 0.05) is 25.0 Å². The second-order valence-electron chi connectivity index (χ2n) is 7.36. The maximum atomic E-state index is 12.2. The molecule has 7 heteroatoms. The van der Waals surface area contributed by atoms with Gasteiger partial charge in [-0.25, -0.2) is 4.79 Å². The summed E-state index contributed by atoms with van der Waals surface area (Å²) in [6.45, 7) is 2.10. The van der Waals surface area contributed by atoms with Crippen LogP contribution in [0.4, 0.5) is 4.79 Å². The normalized spacial score (nSPS) is 19.8. The lowest BCUT2D eigenvalue weighted by atomic mass is 9.89. The predicted molar refractivity (Wildman–Crippen MR) is 92.7 cm³/mol. The number of hydrogen-bond acceptors (Lipinski definition) is 4. The molecular formula is C17H30N6O. The molecule has 2 N–H and O–H groups in total. The monoisotopic (exact) mass is 334 g/mol. The first-order valence-electron chi connectivity index (χ1n) is 9.21. The van der Waals surface area contributed by atoms with Crippen molar-refractivity contribution in [3.05, 3.63) is 11.6 Å². The van der Waals surface area contributed by atoms with Crippen LogP contribution in [0.2, 0.25) is 0 Å². The smallest absolute Gasteiger partial charge is 0.315 e. The lowest BCUT2D eigenvalue weighted by Crippen LogP contribution is -2.53. The van der Waals surface area contributed by atoms with E-state index in [4.69, 9.17) is 0 Å². The highest BCUT2D eigenvalue weighted by atomic mass is 16.2. The van der Waals surface area contributed by atoms with Gasteiger partial charge in [0.05, 0.1) is 6.54 Å². The number of fused-ring (bicyclic) bond motifs is 1. The first kappa shape index (κ1) is 17.2. The van der Waals surface area contributed by atoms with Crippen LogP contribution in [-0.4, -0.2) is 51.9 Å². The van der Waals surface area contributed by atoms with Gasteiger partial charge in [-0.15, -0.1) is 10.2 Å². The average Bonchev–Trinajstić information content (AvgIpc) is 3.08. The number of likely N-dealkylation sites (N-methyl/N-ethyl adjacent to an activating group) is 1. The number of carbonyl (C=O) groups excluding carboxylic acids is 1. The molecule has 1 aromatic rings. The molecule has 0 bridgehead atoms. The molecule has 0 atom stereocenters. The van der Waals surface area contributed by atoms with Crippen LogP contribution in [0, 0.1) is 0 Å². The van der Waals surface area contributed by atoms with E-state index in [0.717, 1.165) is 43.9 Å². The minimum Gasteiger partial charge on any atom is -0.336 e. The van der Waals surface area contributed by atoms with E-state index < -0.39 is 0 Å². The van der Waals surface area contributed by atoms with Crippen LogP contribution in [0.15, 0.2) is 0 Å². The summed E-state index contributed by atoms with van der Waals surface area (Å²) in [5.74, 6) is 1.90. The van der Waals surface area contributed by atoms with Crippen molar-refractivity contribution in [3.8, 4) is 0 Å². The molecular weight excluding hydrogens is 304 g/mol. The molecule has 2 heterocycles. The molecule has 0 saturated heterocycles. The maximum absolute atomic E-state index is 12.2. The van der Waals surface area contributed by atoms with Gasteiger partial charge in [-0.3, -0.25) is 0 Å². The molecule has 2 aliphatic rings. The summed E-state index contributed by atoms with van der Waals surface area (Å²) >= 11 is 0. The third kappa shape index (κ3) is 3.71. The van der Waals surface area contributed by atoms with Gasteiger partial charge in [0.1, 0.15) is 5.82 Å². The van der Waals surface area contributed by atoms with E-state index in [0.29, 0.717) is 13.1 Å². The van der Waals surface area contributed by atoms with Crippen LogP contribution in [0.25, 0.3) is 0 Å². The van der Waals surface area contributed by atoms with E-state index in [1.54, 1.807) is 0 Å². The van der Waals surface area contributed by atoms with Gasteiger partial charge >= 0.3 is 6.03 Å². The summed E-state index contributed by atoms with van der Waals surface area (Å²) < 4.78 is 2.12. The van der Waals surface area contributed by atoms with Crippen LogP contribution in [-0.2, 0) is 19.5 Å². The third-order valence-electron chi connectivity index (χ3n) is 5.65. The maximum Gasteiger partial charge on any atom is 0.315 e. The molecule has 0 unspecified atom stereocenters. The Labute approximate surface area is 144 Å². The highest BCUT2D eigenvalue weighted by Gasteiger charge is 2.33. The number of amides is 2. The van der Waals surface area contributed by atoms with E-state index in [9.17, 15) is 4.79 Å². The van der Waals surface area contributed by atoms with Crippen molar-refractivity contribution in [2.75, 3.05) is 20.6 Å². The van der Waals surface area contributed by atoms with E-state index in [2.05, 4.69) is 44.4 Å². The number of nitrogens with one attached hydrogen (secondary N) is 2. The van der Waals surface area contributed by atoms with Gasteiger partial charge in [-0.1, -0.05) is 25.7 Å². The van der Waals surface area contributed by atoms with Crippen molar-refractivity contribution in [2.24, 2.45) is 0 Å². The van der Waals surface area contributed by atoms with Crippen molar-refractivity contribution in [3.63, 3.8) is 0 Å². The fraction of sp³-hybridized carbons (Fsp3) is 0.824. The Balaban J connectivity index is 1.50. The molecule has 0 spiro atoms. The lowest BCUT2D eigenvalue weighted by Gasteiger charge is -2.39. The highest BCUT2D eigenvalue weighted by Crippen LogP contribution is 2.30. The van der Waals surface area contributed by atoms with Crippen molar-refractivity contribution in [1.82, 2.24) is 30.3 Å². The van der Waals surface area contributed by atoms with E-state index in [1.165, 1.54) is 25.7 Å². The Morgan fingerprint density at radius 1 is 1.12 bits per heavy atom. The quantitative estimate of drug-likeness (QED) is 0.804. The summed E-state index contributed by atoms with van der Waals surface area (Å²) in [6.07, 6.45) is 9.51. The van der Waals surface area contributed by atoms with Crippen LogP contribution >= 0.6 is 0 Å². The van der Waals surface area contributed by atoms with Gasteiger partial charge in [-0.05, 0) is 33.4 Å². The molecule has 1 aliphatic heterocycles. The molecule has 0 radical (unpaired) electrons. The summed E-state index contributed by atoms with van der Waals surface area (Å²) in [4.78, 5) is 14.5. The standard InChI is InChI=1S/C17H30N6O/c1-22(2)17(9-5-3-4-6-10-17)13-19-16(24)18-12-15-21-20-14-8-7-11-23(14)15/h3-13H2,1-2H3,(H2,18,19,24). The second-order valence-corrected chi connectivity index (χ2v) is 7.36. The Hall–Kier alpha value is -1.63. The molecule has 7 nitrogen and oxygen atoms in total. The average molecular weight is 334 g/mol. The van der Waals surface area contributed by atoms with Crippen molar-refractivity contribution >= 4 is 6.03 Å². The minimum absolute atomic E-state index is 0.0873. The molecule has 1 fully saturated rings. The SMILES string of the molecule is CN(C)C1(CNC(=O)NCc2nnc3n2CCC3)CCCCCC1. The van der Waals surface area contributed by atoms with Crippen molar-refractivity contribution < 1.29 is 4.79 Å². The Morgan fingerprint density at radius 2 is 1.88 bits per heavy atom. The summed E-state index contributed by atoms with van der Waals surface area (Å²) in [7, 11) is 4.26. The number of carbonyl (C=O) groups is 1. The van der Waals surface area contributed by atoms with Crippen molar-refractivity contribution in [2.45, 2.75) is 70.0 Å². The van der Waals surface area contributed by atoms with E-state index in [-0.39, 0.29) is 11.6 Å². The first-order valence-corrected chi connectivity index (χ1v) is 9.21. The number of hydrogen-bond donors (Lipinski definition) is 2. The fourth-order valence-electron chi connectivity index (χ4n) is 3.98. The molecule has 2 amide bonds. The fourth-order valence-corrected chi connectivity index (χ4v) is 3.98. The summed E-state index contributed by atoms with van der Waals surface area (Å²) in [6, 6.07) is -0.115. The first-order chi connectivity index (χ1) is 11.6. The van der Waals surface area contributed by atoms with Crippen LogP contribution in [0.5, 0.6) is 0 Å². The van der Waals surface area contributed by atoms with Gasteiger partial charge in [-0.2, -0.15) is 0 Å². The summed E-state index contributed by atoms with van der Waals surface area (Å²) in [5.41, 5.74) is 0.0873. The predicted octanol–water partition coefficient (Wildman–Crippen LogP) is 1.68. The number of urea groups is 1. The number of rotatable bonds is 5. The Morgan fingerprint density at radius 3 is 2.58 bits per heavy atom. The number of aromatic nitrogens is 3. The third-order valence-corrected chi connectivity index (χ3v) is 5.65. The topological polar surface area (TPSA) is 75.1 Å². The Bertz CT molecular complexity index is 559. The Kier molecular flexibility index (Phi) is 5.38. The van der Waals surface area contributed by atoms with Gasteiger partial charge in [0.15, 0.2) is 5.82 Å². The second kappa shape index (κ2) is 7.51. The minimum atomic E-state index is -0.115. The van der Waals surface area contributed by atoms with E-state index >= 15 is 0 Å². The number of nitrogens with zero attached hydrogens (tertiary/aromatic N) is 4. The molecule has 134 valence electrons. The van der Waals surface area contributed by atoms with Crippen LogP contribution in [0.3, 0.4) is 0 Å². The van der Waals surface area contributed by atoms with Gasteiger partial charge < -0.3 is 20.1 Å². The van der Waals surface area contributed by atoms with Crippen LogP contribution in [0.1, 0.15) is 56.6 Å². The molecule has 1 aromatic heterocycles. The van der Waals surface area contributed by atoms with Gasteiger partial charge in [0.2, 0.25) is 0 Å². The molecule has 1 aliphatic carbocycles. The van der Waals surface area contributed by atoms with Crippen LogP contribution < -0.4 is 10.6 Å². The molecule has 0 aromatic carbocycles. The zero-order valence-corrected chi connectivity index (χ0v) is 15.0. The zero-order valence-electron chi connectivity index (χ0n) is 15.0. The molecule has 3 rings (SSSR count).